The molecule has 0 radical (unpaired) electrons. The standard InChI is InChI=1S/C19H23NO4/c1-15(21)14-20-19(22)16-7-5-10-18(13-16)24-12-6-11-23-17-8-3-2-4-9-17/h2-5,7-10,13,15,21H,6,11-12,14H2,1H3,(H,20,22). The van der Waals surface area contributed by atoms with Crippen molar-refractivity contribution in [2.75, 3.05) is 19.8 Å². The Morgan fingerprint density at radius 1 is 1.04 bits per heavy atom. The molecule has 2 rings (SSSR count). The van der Waals surface area contributed by atoms with E-state index in [9.17, 15) is 9.90 Å². The van der Waals surface area contributed by atoms with E-state index < -0.39 is 6.10 Å². The third kappa shape index (κ3) is 6.30. The molecular weight excluding hydrogens is 306 g/mol. The Morgan fingerprint density at radius 3 is 2.42 bits per heavy atom. The Balaban J connectivity index is 1.72. The Kier molecular flexibility index (Phi) is 7.11. The maximum atomic E-state index is 11.9. The highest BCUT2D eigenvalue weighted by molar-refractivity contribution is 5.94. The zero-order valence-corrected chi connectivity index (χ0v) is 13.8. The molecule has 0 aliphatic carbocycles. The lowest BCUT2D eigenvalue weighted by molar-refractivity contribution is 0.0923. The van der Waals surface area contributed by atoms with Crippen molar-refractivity contribution in [1.82, 2.24) is 5.32 Å². The second-order valence-electron chi connectivity index (χ2n) is 5.45. The van der Waals surface area contributed by atoms with E-state index in [2.05, 4.69) is 5.32 Å². The number of hydrogen-bond donors (Lipinski definition) is 2. The third-order valence-corrected chi connectivity index (χ3v) is 3.22. The molecule has 0 heterocycles. The van der Waals surface area contributed by atoms with Gasteiger partial charge < -0.3 is 19.9 Å². The second kappa shape index (κ2) is 9.57. The van der Waals surface area contributed by atoms with Crippen LogP contribution in [-0.4, -0.2) is 36.9 Å². The number of rotatable bonds is 9. The molecular formula is C19H23NO4. The van der Waals surface area contributed by atoms with Crippen LogP contribution in [-0.2, 0) is 0 Å². The van der Waals surface area contributed by atoms with Gasteiger partial charge in [0.25, 0.3) is 5.91 Å². The average molecular weight is 329 g/mol. The number of nitrogens with one attached hydrogen (secondary N) is 1. The summed E-state index contributed by atoms with van der Waals surface area (Å²) in [6, 6.07) is 16.6. The lowest BCUT2D eigenvalue weighted by Crippen LogP contribution is -2.30. The molecule has 0 aliphatic rings. The van der Waals surface area contributed by atoms with Gasteiger partial charge in [0, 0.05) is 18.5 Å². The summed E-state index contributed by atoms with van der Waals surface area (Å²) in [6.07, 6.45) is 0.172. The van der Waals surface area contributed by atoms with Gasteiger partial charge in [-0.2, -0.15) is 0 Å². The van der Waals surface area contributed by atoms with Crippen molar-refractivity contribution in [3.8, 4) is 11.5 Å². The van der Waals surface area contributed by atoms with E-state index >= 15 is 0 Å². The minimum absolute atomic E-state index is 0.223. The molecule has 1 atom stereocenters. The highest BCUT2D eigenvalue weighted by Gasteiger charge is 2.07. The van der Waals surface area contributed by atoms with Gasteiger partial charge in [0.05, 0.1) is 19.3 Å². The third-order valence-electron chi connectivity index (χ3n) is 3.22. The predicted molar refractivity (Wildman–Crippen MR) is 92.5 cm³/mol. The van der Waals surface area contributed by atoms with Crippen molar-refractivity contribution in [3.05, 3.63) is 60.2 Å². The van der Waals surface area contributed by atoms with Crippen LogP contribution in [0.1, 0.15) is 23.7 Å². The summed E-state index contributed by atoms with van der Waals surface area (Å²) in [7, 11) is 0. The van der Waals surface area contributed by atoms with Crippen LogP contribution >= 0.6 is 0 Å². The monoisotopic (exact) mass is 329 g/mol. The number of amides is 1. The fraction of sp³-hybridized carbons (Fsp3) is 0.316. The summed E-state index contributed by atoms with van der Waals surface area (Å²) < 4.78 is 11.2. The molecule has 24 heavy (non-hydrogen) atoms. The number of carbonyl (C=O) groups is 1. The van der Waals surface area contributed by atoms with Crippen molar-refractivity contribution < 1.29 is 19.4 Å². The van der Waals surface area contributed by atoms with E-state index in [1.54, 1.807) is 25.1 Å². The molecule has 0 aromatic heterocycles. The van der Waals surface area contributed by atoms with E-state index in [0.29, 0.717) is 24.5 Å². The molecule has 5 heteroatoms. The van der Waals surface area contributed by atoms with Crippen molar-refractivity contribution in [3.63, 3.8) is 0 Å². The molecule has 1 unspecified atom stereocenters. The maximum Gasteiger partial charge on any atom is 0.251 e. The van der Waals surface area contributed by atoms with E-state index in [-0.39, 0.29) is 12.5 Å². The van der Waals surface area contributed by atoms with Crippen molar-refractivity contribution in [1.29, 1.82) is 0 Å². The zero-order valence-electron chi connectivity index (χ0n) is 13.8. The number of ether oxygens (including phenoxy) is 2. The Hall–Kier alpha value is -2.53. The predicted octanol–water partition coefficient (Wildman–Crippen LogP) is 2.65. The van der Waals surface area contributed by atoms with Crippen LogP contribution in [0.2, 0.25) is 0 Å². The number of carbonyl (C=O) groups excluding carboxylic acids is 1. The van der Waals surface area contributed by atoms with Gasteiger partial charge in [0.1, 0.15) is 11.5 Å². The van der Waals surface area contributed by atoms with Gasteiger partial charge in [0.15, 0.2) is 0 Å². The van der Waals surface area contributed by atoms with E-state index in [1.165, 1.54) is 0 Å². The highest BCUT2D eigenvalue weighted by Crippen LogP contribution is 2.14. The van der Waals surface area contributed by atoms with Crippen molar-refractivity contribution in [2.24, 2.45) is 0 Å². The molecule has 0 fully saturated rings. The van der Waals surface area contributed by atoms with Crippen LogP contribution in [0.15, 0.2) is 54.6 Å². The van der Waals surface area contributed by atoms with Crippen molar-refractivity contribution >= 4 is 5.91 Å². The number of hydrogen-bond acceptors (Lipinski definition) is 4. The van der Waals surface area contributed by atoms with Gasteiger partial charge in [-0.15, -0.1) is 0 Å². The second-order valence-corrected chi connectivity index (χ2v) is 5.45. The minimum Gasteiger partial charge on any atom is -0.493 e. The van der Waals surface area contributed by atoms with Gasteiger partial charge in [-0.3, -0.25) is 4.79 Å². The summed E-state index contributed by atoms with van der Waals surface area (Å²) in [4.78, 5) is 11.9. The molecule has 0 saturated carbocycles. The van der Waals surface area contributed by atoms with E-state index in [0.717, 1.165) is 12.2 Å². The topological polar surface area (TPSA) is 67.8 Å². The maximum absolute atomic E-state index is 11.9. The molecule has 0 spiro atoms. The first-order valence-corrected chi connectivity index (χ1v) is 8.02. The number of para-hydroxylation sites is 1. The number of aliphatic hydroxyl groups excluding tert-OH is 1. The molecule has 2 aromatic rings. The number of aliphatic hydroxyl groups is 1. The van der Waals surface area contributed by atoms with Crippen LogP contribution in [0.4, 0.5) is 0 Å². The van der Waals surface area contributed by atoms with Gasteiger partial charge in [0.2, 0.25) is 0 Å². The molecule has 128 valence electrons. The van der Waals surface area contributed by atoms with Gasteiger partial charge in [-0.25, -0.2) is 0 Å². The molecule has 2 aromatic carbocycles. The Morgan fingerprint density at radius 2 is 1.71 bits per heavy atom. The lowest BCUT2D eigenvalue weighted by Gasteiger charge is -2.10. The Bertz CT molecular complexity index is 628. The van der Waals surface area contributed by atoms with Crippen LogP contribution in [0, 0.1) is 0 Å². The summed E-state index contributed by atoms with van der Waals surface area (Å²) in [5.74, 6) is 1.25. The largest absolute Gasteiger partial charge is 0.493 e. The quantitative estimate of drug-likeness (QED) is 0.694. The molecule has 5 nitrogen and oxygen atoms in total. The van der Waals surface area contributed by atoms with Crippen LogP contribution < -0.4 is 14.8 Å². The normalized spacial score (nSPS) is 11.6. The summed E-state index contributed by atoms with van der Waals surface area (Å²) in [6.45, 7) is 2.92. The van der Waals surface area contributed by atoms with Gasteiger partial charge in [-0.1, -0.05) is 24.3 Å². The average Bonchev–Trinajstić information content (AvgIpc) is 2.60. The van der Waals surface area contributed by atoms with E-state index in [4.69, 9.17) is 9.47 Å². The van der Waals surface area contributed by atoms with Crippen LogP contribution in [0.5, 0.6) is 11.5 Å². The molecule has 0 bridgehead atoms. The number of benzene rings is 2. The summed E-state index contributed by atoms with van der Waals surface area (Å²) in [5, 5.41) is 11.9. The summed E-state index contributed by atoms with van der Waals surface area (Å²) >= 11 is 0. The molecule has 2 N–H and O–H groups in total. The molecule has 1 amide bonds. The fourth-order valence-electron chi connectivity index (χ4n) is 2.03. The lowest BCUT2D eigenvalue weighted by atomic mass is 10.2. The smallest absolute Gasteiger partial charge is 0.251 e. The Labute approximate surface area is 142 Å². The first-order valence-electron chi connectivity index (χ1n) is 8.02. The van der Waals surface area contributed by atoms with Gasteiger partial charge in [-0.05, 0) is 37.3 Å². The van der Waals surface area contributed by atoms with Crippen molar-refractivity contribution in [2.45, 2.75) is 19.4 Å². The van der Waals surface area contributed by atoms with Crippen LogP contribution in [0.25, 0.3) is 0 Å². The first-order chi connectivity index (χ1) is 11.6. The van der Waals surface area contributed by atoms with Gasteiger partial charge >= 0.3 is 0 Å². The molecule has 0 saturated heterocycles. The van der Waals surface area contributed by atoms with E-state index in [1.807, 2.05) is 36.4 Å². The summed E-state index contributed by atoms with van der Waals surface area (Å²) in [5.41, 5.74) is 0.508. The van der Waals surface area contributed by atoms with Crippen LogP contribution in [0.3, 0.4) is 0 Å². The SMILES string of the molecule is CC(O)CNC(=O)c1cccc(OCCCOc2ccccc2)c1. The minimum atomic E-state index is -0.571. The zero-order chi connectivity index (χ0) is 17.2. The first kappa shape index (κ1) is 17.8. The molecule has 0 aliphatic heterocycles. The fourth-order valence-corrected chi connectivity index (χ4v) is 2.03. The highest BCUT2D eigenvalue weighted by atomic mass is 16.5.